The maximum atomic E-state index is 12.8. The Morgan fingerprint density at radius 2 is 2.05 bits per heavy atom. The predicted molar refractivity (Wildman–Crippen MR) is 93.5 cm³/mol. The minimum absolute atomic E-state index is 0.0644. The van der Waals surface area contributed by atoms with Crippen LogP contribution in [-0.2, 0) is 6.54 Å². The number of nitrogen functional groups attached to an aromatic ring is 1. The Labute approximate surface area is 144 Å². The number of benzene rings is 1. The molecular weight excluding hydrogens is 416 g/mol. The number of carbonyl (C=O) groups is 1. The zero-order chi connectivity index (χ0) is 15.0. The lowest BCUT2D eigenvalue weighted by atomic mass is 10.1. The quantitative estimate of drug-likeness (QED) is 0.718. The molecule has 2 aromatic rings. The zero-order valence-corrected chi connectivity index (χ0v) is 15.2. The molecule has 1 fully saturated rings. The second kappa shape index (κ2) is 6.10. The molecule has 1 aliphatic carbocycles. The maximum Gasteiger partial charge on any atom is 0.256 e. The minimum atomic E-state index is 0.0644. The summed E-state index contributed by atoms with van der Waals surface area (Å²) in [5.41, 5.74) is 8.47. The Balaban J connectivity index is 1.87. The van der Waals surface area contributed by atoms with Gasteiger partial charge in [-0.25, -0.2) is 0 Å². The molecule has 0 saturated heterocycles. The SMILES string of the molecule is Nc1ccccc1CN(C(=O)c1cc(Br)sc1Br)C1CC1. The molecule has 1 heterocycles. The Morgan fingerprint density at radius 1 is 1.33 bits per heavy atom. The minimum Gasteiger partial charge on any atom is -0.398 e. The van der Waals surface area contributed by atoms with Gasteiger partial charge in [-0.1, -0.05) is 18.2 Å². The highest BCUT2D eigenvalue weighted by molar-refractivity contribution is 9.12. The molecule has 0 radical (unpaired) electrons. The molecule has 0 bridgehead atoms. The third-order valence-corrected chi connectivity index (χ3v) is 5.87. The molecule has 3 nitrogen and oxygen atoms in total. The summed E-state index contributed by atoms with van der Waals surface area (Å²) in [6.07, 6.45) is 2.14. The average Bonchev–Trinajstić information content (AvgIpc) is 3.22. The molecule has 1 aliphatic rings. The van der Waals surface area contributed by atoms with Crippen LogP contribution in [0.25, 0.3) is 0 Å². The molecule has 0 aliphatic heterocycles. The molecule has 2 N–H and O–H groups in total. The summed E-state index contributed by atoms with van der Waals surface area (Å²) >= 11 is 8.42. The van der Waals surface area contributed by atoms with Gasteiger partial charge < -0.3 is 10.6 Å². The van der Waals surface area contributed by atoms with E-state index in [1.807, 2.05) is 35.2 Å². The lowest BCUT2D eigenvalue weighted by Gasteiger charge is -2.23. The summed E-state index contributed by atoms with van der Waals surface area (Å²) in [7, 11) is 0. The van der Waals surface area contributed by atoms with E-state index in [0.29, 0.717) is 18.2 Å². The van der Waals surface area contributed by atoms with Crippen LogP contribution in [0.2, 0.25) is 0 Å². The molecule has 3 rings (SSSR count). The third kappa shape index (κ3) is 3.33. The number of anilines is 1. The van der Waals surface area contributed by atoms with Crippen molar-refractivity contribution in [2.24, 2.45) is 0 Å². The maximum absolute atomic E-state index is 12.8. The first-order valence-electron chi connectivity index (χ1n) is 6.65. The van der Waals surface area contributed by atoms with Crippen LogP contribution in [0.3, 0.4) is 0 Å². The van der Waals surface area contributed by atoms with Gasteiger partial charge >= 0.3 is 0 Å². The van der Waals surface area contributed by atoms with Crippen molar-refractivity contribution >= 4 is 54.8 Å². The van der Waals surface area contributed by atoms with Crippen molar-refractivity contribution in [2.75, 3.05) is 5.73 Å². The molecular formula is C15H14Br2N2OS. The van der Waals surface area contributed by atoms with Crippen molar-refractivity contribution in [3.05, 3.63) is 49.0 Å². The number of nitrogens with two attached hydrogens (primary N) is 1. The van der Waals surface area contributed by atoms with E-state index in [-0.39, 0.29) is 5.91 Å². The van der Waals surface area contributed by atoms with Crippen molar-refractivity contribution in [3.8, 4) is 0 Å². The third-order valence-electron chi connectivity index (χ3n) is 3.53. The van der Waals surface area contributed by atoms with Crippen molar-refractivity contribution < 1.29 is 4.79 Å². The van der Waals surface area contributed by atoms with E-state index in [1.54, 1.807) is 0 Å². The van der Waals surface area contributed by atoms with E-state index < -0.39 is 0 Å². The first kappa shape index (κ1) is 15.1. The summed E-state index contributed by atoms with van der Waals surface area (Å²) in [5, 5.41) is 0. The van der Waals surface area contributed by atoms with Gasteiger partial charge in [-0.3, -0.25) is 4.79 Å². The monoisotopic (exact) mass is 428 g/mol. The van der Waals surface area contributed by atoms with E-state index in [0.717, 1.165) is 31.7 Å². The molecule has 1 aromatic carbocycles. The Morgan fingerprint density at radius 3 is 2.62 bits per heavy atom. The highest BCUT2D eigenvalue weighted by atomic mass is 79.9. The van der Waals surface area contributed by atoms with Crippen LogP contribution < -0.4 is 5.73 Å². The van der Waals surface area contributed by atoms with Gasteiger partial charge in [-0.15, -0.1) is 11.3 Å². The fourth-order valence-electron chi connectivity index (χ4n) is 2.26. The van der Waals surface area contributed by atoms with Gasteiger partial charge in [0.1, 0.15) is 0 Å². The number of rotatable bonds is 4. The van der Waals surface area contributed by atoms with Gasteiger partial charge in [-0.05, 0) is 62.4 Å². The molecule has 21 heavy (non-hydrogen) atoms. The number of halogens is 2. The topological polar surface area (TPSA) is 46.3 Å². The van der Waals surface area contributed by atoms with Crippen molar-refractivity contribution in [1.29, 1.82) is 0 Å². The summed E-state index contributed by atoms with van der Waals surface area (Å²) < 4.78 is 1.82. The van der Waals surface area contributed by atoms with Crippen LogP contribution >= 0.6 is 43.2 Å². The number of hydrogen-bond donors (Lipinski definition) is 1. The number of hydrogen-bond acceptors (Lipinski definition) is 3. The Hall–Kier alpha value is -0.850. The number of nitrogens with zero attached hydrogens (tertiary/aromatic N) is 1. The number of carbonyl (C=O) groups excluding carboxylic acids is 1. The summed E-state index contributed by atoms with van der Waals surface area (Å²) in [4.78, 5) is 14.8. The Bertz CT molecular complexity index is 682. The zero-order valence-electron chi connectivity index (χ0n) is 11.2. The molecule has 0 atom stereocenters. The smallest absolute Gasteiger partial charge is 0.256 e. The van der Waals surface area contributed by atoms with E-state index in [1.165, 1.54) is 11.3 Å². The van der Waals surface area contributed by atoms with E-state index in [2.05, 4.69) is 31.9 Å². The summed E-state index contributed by atoms with van der Waals surface area (Å²) in [6, 6.07) is 9.94. The molecule has 0 spiro atoms. The van der Waals surface area contributed by atoms with Crippen molar-refractivity contribution in [3.63, 3.8) is 0 Å². The fraction of sp³-hybridized carbons (Fsp3) is 0.267. The number of para-hydroxylation sites is 1. The van der Waals surface area contributed by atoms with Crippen molar-refractivity contribution in [1.82, 2.24) is 4.90 Å². The van der Waals surface area contributed by atoms with Crippen LogP contribution in [0.15, 0.2) is 37.9 Å². The van der Waals surface area contributed by atoms with E-state index in [9.17, 15) is 4.79 Å². The Kier molecular flexibility index (Phi) is 4.38. The van der Waals surface area contributed by atoms with Crippen LogP contribution in [0, 0.1) is 0 Å². The normalized spacial score (nSPS) is 14.2. The highest BCUT2D eigenvalue weighted by Crippen LogP contribution is 2.36. The first-order chi connectivity index (χ1) is 10.1. The largest absolute Gasteiger partial charge is 0.398 e. The van der Waals surface area contributed by atoms with E-state index >= 15 is 0 Å². The van der Waals surface area contributed by atoms with Crippen molar-refractivity contribution in [2.45, 2.75) is 25.4 Å². The predicted octanol–water partition coefficient (Wildman–Crippen LogP) is 4.66. The summed E-state index contributed by atoms with van der Waals surface area (Å²) in [6.45, 7) is 0.566. The average molecular weight is 430 g/mol. The standard InChI is InChI=1S/C15H14Br2N2OS/c16-13-7-11(14(17)21-13)15(20)19(10-5-6-10)8-9-3-1-2-4-12(9)18/h1-4,7,10H,5-6,8,18H2. The van der Waals surface area contributed by atoms with E-state index in [4.69, 9.17) is 5.73 Å². The van der Waals surface area contributed by atoms with Gasteiger partial charge in [0.2, 0.25) is 0 Å². The molecule has 1 aromatic heterocycles. The molecule has 1 amide bonds. The van der Waals surface area contributed by atoms with Crippen LogP contribution in [0.1, 0.15) is 28.8 Å². The molecule has 0 unspecified atom stereocenters. The second-order valence-electron chi connectivity index (χ2n) is 5.10. The van der Waals surface area contributed by atoms with Gasteiger partial charge in [0.15, 0.2) is 0 Å². The van der Waals surface area contributed by atoms with Crippen LogP contribution in [-0.4, -0.2) is 16.8 Å². The number of thiophene rings is 1. The summed E-state index contributed by atoms with van der Waals surface area (Å²) in [5.74, 6) is 0.0644. The second-order valence-corrected chi connectivity index (χ2v) is 8.85. The fourth-order valence-corrected chi connectivity index (χ4v) is 5.03. The number of amides is 1. The molecule has 110 valence electrons. The van der Waals surface area contributed by atoms with Gasteiger partial charge in [0.25, 0.3) is 5.91 Å². The lowest BCUT2D eigenvalue weighted by Crippen LogP contribution is -2.32. The van der Waals surface area contributed by atoms with Crippen LogP contribution in [0.5, 0.6) is 0 Å². The highest BCUT2D eigenvalue weighted by Gasteiger charge is 2.34. The van der Waals surface area contributed by atoms with Gasteiger partial charge in [0, 0.05) is 18.3 Å². The molecule has 1 saturated carbocycles. The van der Waals surface area contributed by atoms with Gasteiger partial charge in [0.05, 0.1) is 13.1 Å². The lowest BCUT2D eigenvalue weighted by molar-refractivity contribution is 0.0730. The van der Waals surface area contributed by atoms with Gasteiger partial charge in [-0.2, -0.15) is 0 Å². The molecule has 6 heteroatoms. The first-order valence-corrected chi connectivity index (χ1v) is 9.05. The van der Waals surface area contributed by atoms with Crippen LogP contribution in [0.4, 0.5) is 5.69 Å².